The van der Waals surface area contributed by atoms with Crippen molar-refractivity contribution in [3.8, 4) is 5.75 Å². The first kappa shape index (κ1) is 26.2. The van der Waals surface area contributed by atoms with Crippen molar-refractivity contribution in [1.29, 1.82) is 0 Å². The third-order valence-corrected chi connectivity index (χ3v) is 5.35. The van der Waals surface area contributed by atoms with Crippen molar-refractivity contribution >= 4 is 27.7 Å². The van der Waals surface area contributed by atoms with E-state index in [9.17, 15) is 26.4 Å². The lowest BCUT2D eigenvalue weighted by molar-refractivity contribution is -0.117. The predicted molar refractivity (Wildman–Crippen MR) is 122 cm³/mol. The van der Waals surface area contributed by atoms with Gasteiger partial charge in [0.1, 0.15) is 17.3 Å². The Kier molecular flexibility index (Phi) is 8.92. The second-order valence-electron chi connectivity index (χ2n) is 7.56. The van der Waals surface area contributed by atoms with Crippen LogP contribution in [0.4, 0.5) is 18.9 Å². The number of ether oxygens (including phenoxy) is 1. The monoisotopic (exact) mass is 484 g/mol. The first-order valence-electron chi connectivity index (χ1n) is 10.3. The van der Waals surface area contributed by atoms with Crippen LogP contribution in [-0.2, 0) is 14.8 Å². The van der Waals surface area contributed by atoms with Crippen LogP contribution in [0.2, 0.25) is 0 Å². The highest BCUT2D eigenvalue weighted by Crippen LogP contribution is 2.27. The molecule has 0 spiro atoms. The van der Waals surface area contributed by atoms with Gasteiger partial charge in [-0.3, -0.25) is 9.52 Å². The summed E-state index contributed by atoms with van der Waals surface area (Å²) in [6.45, 7) is 5.48. The van der Waals surface area contributed by atoms with E-state index < -0.39 is 45.1 Å². The molecular weight excluding hydrogens is 457 g/mol. The number of amides is 1. The minimum atomic E-state index is -3.87. The van der Waals surface area contributed by atoms with Crippen LogP contribution in [0.1, 0.15) is 50.8 Å². The predicted octanol–water partition coefficient (Wildman–Crippen LogP) is 4.93. The Bertz CT molecular complexity index is 1110. The van der Waals surface area contributed by atoms with E-state index in [1.807, 2.05) is 13.8 Å². The average molecular weight is 485 g/mol. The molecule has 0 saturated heterocycles. The third-order valence-electron chi connectivity index (χ3n) is 4.77. The molecule has 2 aromatic rings. The van der Waals surface area contributed by atoms with E-state index in [2.05, 4.69) is 5.32 Å². The van der Waals surface area contributed by atoms with Crippen molar-refractivity contribution in [2.75, 3.05) is 11.0 Å². The minimum Gasteiger partial charge on any atom is -0.490 e. The van der Waals surface area contributed by atoms with E-state index in [-0.39, 0.29) is 11.7 Å². The van der Waals surface area contributed by atoms with Gasteiger partial charge in [0.2, 0.25) is 15.9 Å². The molecule has 2 aromatic carbocycles. The van der Waals surface area contributed by atoms with Crippen LogP contribution >= 0.6 is 0 Å². The second kappa shape index (κ2) is 11.2. The molecule has 0 fully saturated rings. The Hall–Kier alpha value is -3.01. The molecule has 0 aliphatic carbocycles. The van der Waals surface area contributed by atoms with Crippen molar-refractivity contribution in [2.45, 2.75) is 45.8 Å². The summed E-state index contributed by atoms with van der Waals surface area (Å²) >= 11 is 0. The first-order chi connectivity index (χ1) is 15.4. The molecule has 2 rings (SSSR count). The van der Waals surface area contributed by atoms with Crippen LogP contribution in [0, 0.1) is 17.5 Å². The highest BCUT2D eigenvalue weighted by Gasteiger charge is 2.19. The number of hydrogen-bond donors (Lipinski definition) is 2. The van der Waals surface area contributed by atoms with Crippen molar-refractivity contribution in [2.24, 2.45) is 0 Å². The Morgan fingerprint density at radius 2 is 1.73 bits per heavy atom. The summed E-state index contributed by atoms with van der Waals surface area (Å²) in [5.74, 6) is -2.93. The number of carbonyl (C=O) groups is 1. The van der Waals surface area contributed by atoms with Crippen LogP contribution in [0.3, 0.4) is 0 Å². The fourth-order valence-corrected chi connectivity index (χ4v) is 3.50. The van der Waals surface area contributed by atoms with Gasteiger partial charge in [-0.05, 0) is 55.7 Å². The Morgan fingerprint density at radius 3 is 2.27 bits per heavy atom. The van der Waals surface area contributed by atoms with Gasteiger partial charge in [0.25, 0.3) is 0 Å². The zero-order valence-electron chi connectivity index (χ0n) is 18.8. The van der Waals surface area contributed by atoms with E-state index in [1.54, 1.807) is 11.6 Å². The summed E-state index contributed by atoms with van der Waals surface area (Å²) in [7, 11) is -3.87. The maximum Gasteiger partial charge on any atom is 0.244 e. The van der Waals surface area contributed by atoms with Gasteiger partial charge in [0.05, 0.1) is 18.4 Å². The topological polar surface area (TPSA) is 84.5 Å². The lowest BCUT2D eigenvalue weighted by atomic mass is 10.0. The molecule has 0 heterocycles. The van der Waals surface area contributed by atoms with Crippen LogP contribution in [0.15, 0.2) is 36.4 Å². The lowest BCUT2D eigenvalue weighted by Crippen LogP contribution is -2.26. The smallest absolute Gasteiger partial charge is 0.244 e. The fourth-order valence-electron chi connectivity index (χ4n) is 2.93. The van der Waals surface area contributed by atoms with Crippen LogP contribution in [0.25, 0.3) is 6.08 Å². The van der Waals surface area contributed by atoms with E-state index in [0.29, 0.717) is 24.2 Å². The zero-order chi connectivity index (χ0) is 24.8. The van der Waals surface area contributed by atoms with Crippen molar-refractivity contribution < 1.29 is 31.1 Å². The van der Waals surface area contributed by atoms with Gasteiger partial charge in [-0.1, -0.05) is 13.8 Å². The minimum absolute atomic E-state index is 0.135. The molecule has 1 unspecified atom stereocenters. The SMILES string of the molecule is CCC(C)Oc1cc(F)ccc1/C=C/C(=O)N[C@H](CC)c1cc(F)c(NS(C)(=O)=O)c(F)c1. The molecule has 0 aliphatic rings. The number of hydrogen-bond acceptors (Lipinski definition) is 4. The van der Waals surface area contributed by atoms with Crippen LogP contribution < -0.4 is 14.8 Å². The summed E-state index contributed by atoms with van der Waals surface area (Å²) in [5.41, 5.74) is -0.156. The standard InChI is InChI=1S/C23H27F3N2O4S/c1-5-14(3)32-21-13-17(24)9-7-15(21)8-10-22(29)27-20(6-2)16-11-18(25)23(19(26)12-16)28-33(4,30)31/h7-14,20,28H,5-6H2,1-4H3,(H,27,29)/b10-8+/t14?,20-/m1/s1. The summed E-state index contributed by atoms with van der Waals surface area (Å²) in [6, 6.07) is 5.15. The number of carbonyl (C=O) groups excluding carboxylic acids is 1. The second-order valence-corrected chi connectivity index (χ2v) is 9.30. The number of rotatable bonds is 10. The molecule has 0 bridgehead atoms. The maximum absolute atomic E-state index is 14.3. The van der Waals surface area contributed by atoms with E-state index >= 15 is 0 Å². The number of sulfonamides is 1. The molecule has 6 nitrogen and oxygen atoms in total. The molecule has 2 N–H and O–H groups in total. The first-order valence-corrected chi connectivity index (χ1v) is 12.2. The quantitative estimate of drug-likeness (QED) is 0.468. The van der Waals surface area contributed by atoms with Crippen LogP contribution in [-0.4, -0.2) is 26.7 Å². The maximum atomic E-state index is 14.3. The zero-order valence-corrected chi connectivity index (χ0v) is 19.6. The average Bonchev–Trinajstić information content (AvgIpc) is 2.73. The molecule has 33 heavy (non-hydrogen) atoms. The lowest BCUT2D eigenvalue weighted by Gasteiger charge is -2.18. The number of halogens is 3. The van der Waals surface area contributed by atoms with Gasteiger partial charge in [-0.15, -0.1) is 0 Å². The van der Waals surface area contributed by atoms with Gasteiger partial charge in [-0.2, -0.15) is 0 Å². The number of anilines is 1. The number of benzene rings is 2. The van der Waals surface area contributed by atoms with Crippen LogP contribution in [0.5, 0.6) is 5.75 Å². The van der Waals surface area contributed by atoms with Gasteiger partial charge >= 0.3 is 0 Å². The van der Waals surface area contributed by atoms with E-state index in [1.165, 1.54) is 30.4 Å². The van der Waals surface area contributed by atoms with Crippen molar-refractivity contribution in [3.63, 3.8) is 0 Å². The van der Waals surface area contributed by atoms with Gasteiger partial charge < -0.3 is 10.1 Å². The van der Waals surface area contributed by atoms with Gasteiger partial charge in [0, 0.05) is 17.7 Å². The summed E-state index contributed by atoms with van der Waals surface area (Å²) in [4.78, 5) is 12.4. The Morgan fingerprint density at radius 1 is 1.09 bits per heavy atom. The molecule has 0 aliphatic heterocycles. The molecule has 0 aromatic heterocycles. The normalized spacial score (nSPS) is 13.5. The third kappa shape index (κ3) is 7.81. The molecular formula is C23H27F3N2O4S. The molecule has 1 amide bonds. The van der Waals surface area contributed by atoms with Gasteiger partial charge in [0.15, 0.2) is 11.6 Å². The van der Waals surface area contributed by atoms with Crippen molar-refractivity contribution in [3.05, 3.63) is 65.0 Å². The van der Waals surface area contributed by atoms with E-state index in [4.69, 9.17) is 4.74 Å². The number of nitrogens with one attached hydrogen (secondary N) is 2. The largest absolute Gasteiger partial charge is 0.490 e. The van der Waals surface area contributed by atoms with E-state index in [0.717, 1.165) is 18.4 Å². The highest BCUT2D eigenvalue weighted by atomic mass is 32.2. The molecule has 10 heteroatoms. The summed E-state index contributed by atoms with van der Waals surface area (Å²) in [6.07, 6.45) is 4.33. The summed E-state index contributed by atoms with van der Waals surface area (Å²) in [5, 5.41) is 2.65. The molecule has 0 radical (unpaired) electrons. The fraction of sp³-hybridized carbons (Fsp3) is 0.348. The Balaban J connectivity index is 2.20. The molecule has 2 atom stereocenters. The van der Waals surface area contributed by atoms with Crippen molar-refractivity contribution in [1.82, 2.24) is 5.32 Å². The molecule has 180 valence electrons. The Labute approximate surface area is 191 Å². The molecule has 0 saturated carbocycles. The van der Waals surface area contributed by atoms with Gasteiger partial charge in [-0.25, -0.2) is 21.6 Å². The highest BCUT2D eigenvalue weighted by molar-refractivity contribution is 7.92. The summed E-state index contributed by atoms with van der Waals surface area (Å²) < 4.78 is 72.3.